The second-order valence-electron chi connectivity index (χ2n) is 4.35. The van der Waals surface area contributed by atoms with Gasteiger partial charge >= 0.3 is 0 Å². The molecule has 2 rings (SSSR count). The Hall–Kier alpha value is -1.12. The van der Waals surface area contributed by atoms with Gasteiger partial charge in [-0.15, -0.1) is 11.3 Å². The highest BCUT2D eigenvalue weighted by Crippen LogP contribution is 2.31. The van der Waals surface area contributed by atoms with Crippen LogP contribution in [-0.4, -0.2) is 5.11 Å². The first-order valence-electron chi connectivity index (χ1n) is 5.96. The molecule has 1 unspecified atom stereocenters. The van der Waals surface area contributed by atoms with Crippen LogP contribution in [0, 0.1) is 13.8 Å². The number of aliphatic hydroxyl groups excluding tert-OH is 1. The quantitative estimate of drug-likeness (QED) is 0.867. The van der Waals surface area contributed by atoms with Crippen molar-refractivity contribution in [2.75, 3.05) is 0 Å². The molecule has 0 aliphatic rings. The van der Waals surface area contributed by atoms with Crippen LogP contribution in [0.25, 0.3) is 0 Å². The number of aliphatic hydroxyl groups is 1. The molecule has 0 radical (unpaired) electrons. The largest absolute Gasteiger partial charge is 0.383 e. The van der Waals surface area contributed by atoms with Crippen LogP contribution < -0.4 is 0 Å². The van der Waals surface area contributed by atoms with E-state index >= 15 is 0 Å². The molecule has 1 heterocycles. The molecule has 1 N–H and O–H groups in total. The fourth-order valence-electron chi connectivity index (χ4n) is 1.95. The van der Waals surface area contributed by atoms with Gasteiger partial charge in [0.1, 0.15) is 6.10 Å². The summed E-state index contributed by atoms with van der Waals surface area (Å²) in [6.45, 7) is 6.29. The van der Waals surface area contributed by atoms with E-state index in [0.29, 0.717) is 0 Å². The summed E-state index contributed by atoms with van der Waals surface area (Å²) in [6, 6.07) is 10.2. The number of hydrogen-bond donors (Lipinski definition) is 1. The summed E-state index contributed by atoms with van der Waals surface area (Å²) < 4.78 is 0. The average Bonchev–Trinajstić information content (AvgIpc) is 2.80. The van der Waals surface area contributed by atoms with Crippen LogP contribution in [0.1, 0.15) is 39.5 Å². The Balaban J connectivity index is 2.36. The second kappa shape index (κ2) is 5.03. The van der Waals surface area contributed by atoms with Gasteiger partial charge in [-0.3, -0.25) is 0 Å². The van der Waals surface area contributed by atoms with Crippen LogP contribution in [-0.2, 0) is 6.42 Å². The minimum Gasteiger partial charge on any atom is -0.383 e. The van der Waals surface area contributed by atoms with Gasteiger partial charge in [0.25, 0.3) is 0 Å². The molecule has 2 aromatic rings. The fourth-order valence-corrected chi connectivity index (χ4v) is 2.91. The molecule has 0 bridgehead atoms. The molecule has 0 saturated heterocycles. The van der Waals surface area contributed by atoms with E-state index in [4.69, 9.17) is 0 Å². The summed E-state index contributed by atoms with van der Waals surface area (Å²) in [4.78, 5) is 2.36. The third-order valence-electron chi connectivity index (χ3n) is 3.24. The van der Waals surface area contributed by atoms with Crippen LogP contribution in [0.4, 0.5) is 0 Å². The Bertz CT molecular complexity index is 513. The number of benzene rings is 1. The summed E-state index contributed by atoms with van der Waals surface area (Å²) in [7, 11) is 0. The van der Waals surface area contributed by atoms with Crippen molar-refractivity contribution >= 4 is 11.3 Å². The van der Waals surface area contributed by atoms with E-state index in [2.05, 4.69) is 32.9 Å². The average molecular weight is 246 g/mol. The van der Waals surface area contributed by atoms with E-state index in [1.54, 1.807) is 11.3 Å². The Morgan fingerprint density at radius 3 is 2.59 bits per heavy atom. The van der Waals surface area contributed by atoms with Crippen LogP contribution in [0.2, 0.25) is 0 Å². The highest BCUT2D eigenvalue weighted by molar-refractivity contribution is 7.12. The summed E-state index contributed by atoms with van der Waals surface area (Å²) >= 11 is 1.70. The van der Waals surface area contributed by atoms with Gasteiger partial charge in [-0.2, -0.15) is 0 Å². The molecular weight excluding hydrogens is 228 g/mol. The van der Waals surface area contributed by atoms with Crippen molar-refractivity contribution in [3.63, 3.8) is 0 Å². The Kier molecular flexibility index (Phi) is 3.65. The Morgan fingerprint density at radius 1 is 1.18 bits per heavy atom. The van der Waals surface area contributed by atoms with E-state index < -0.39 is 6.10 Å². The SMILES string of the molecule is CCc1ccc(C(O)c2cccc(C)c2C)s1. The molecule has 1 aromatic heterocycles. The van der Waals surface area contributed by atoms with Gasteiger partial charge in [-0.1, -0.05) is 25.1 Å². The van der Waals surface area contributed by atoms with Gasteiger partial charge in [0, 0.05) is 9.75 Å². The van der Waals surface area contributed by atoms with Gasteiger partial charge < -0.3 is 5.11 Å². The van der Waals surface area contributed by atoms with Crippen LogP contribution in [0.3, 0.4) is 0 Å². The Morgan fingerprint density at radius 2 is 1.94 bits per heavy atom. The van der Waals surface area contributed by atoms with Gasteiger partial charge in [0.15, 0.2) is 0 Å². The lowest BCUT2D eigenvalue weighted by atomic mass is 9.98. The molecule has 90 valence electrons. The number of thiophene rings is 1. The van der Waals surface area contributed by atoms with Crippen molar-refractivity contribution in [1.82, 2.24) is 0 Å². The van der Waals surface area contributed by atoms with E-state index in [1.807, 2.05) is 18.2 Å². The molecular formula is C15H18OS. The van der Waals surface area contributed by atoms with Crippen LogP contribution >= 0.6 is 11.3 Å². The molecule has 17 heavy (non-hydrogen) atoms. The normalized spacial score (nSPS) is 12.7. The van der Waals surface area contributed by atoms with Crippen molar-refractivity contribution in [3.8, 4) is 0 Å². The van der Waals surface area contributed by atoms with Crippen LogP contribution in [0.15, 0.2) is 30.3 Å². The van der Waals surface area contributed by atoms with Crippen molar-refractivity contribution in [2.45, 2.75) is 33.3 Å². The smallest absolute Gasteiger partial charge is 0.113 e. The second-order valence-corrected chi connectivity index (χ2v) is 5.55. The summed E-state index contributed by atoms with van der Waals surface area (Å²) in [5, 5.41) is 10.4. The highest BCUT2D eigenvalue weighted by Gasteiger charge is 2.15. The number of aryl methyl sites for hydroxylation is 2. The zero-order chi connectivity index (χ0) is 12.4. The summed E-state index contributed by atoms with van der Waals surface area (Å²) in [5.74, 6) is 0. The molecule has 1 nitrogen and oxygen atoms in total. The fraction of sp³-hybridized carbons (Fsp3) is 0.333. The monoisotopic (exact) mass is 246 g/mol. The third kappa shape index (κ3) is 2.43. The predicted octanol–water partition coefficient (Wildman–Crippen LogP) is 4.01. The predicted molar refractivity (Wildman–Crippen MR) is 73.7 cm³/mol. The standard InChI is InChI=1S/C15H18OS/c1-4-12-8-9-14(17-12)15(16)13-7-5-6-10(2)11(13)3/h5-9,15-16H,4H2,1-3H3. The van der Waals surface area contributed by atoms with Crippen molar-refractivity contribution in [2.24, 2.45) is 0 Å². The Labute approximate surface area is 107 Å². The molecule has 0 aliphatic carbocycles. The zero-order valence-corrected chi connectivity index (χ0v) is 11.3. The van der Waals surface area contributed by atoms with E-state index in [0.717, 1.165) is 16.9 Å². The topological polar surface area (TPSA) is 20.2 Å². The molecule has 0 fully saturated rings. The first-order valence-corrected chi connectivity index (χ1v) is 6.78. The maximum atomic E-state index is 10.4. The lowest BCUT2D eigenvalue weighted by Crippen LogP contribution is -2.00. The van der Waals surface area contributed by atoms with Crippen molar-refractivity contribution in [1.29, 1.82) is 0 Å². The lowest BCUT2D eigenvalue weighted by molar-refractivity contribution is 0.223. The van der Waals surface area contributed by atoms with Crippen molar-refractivity contribution < 1.29 is 5.11 Å². The minimum atomic E-state index is -0.486. The summed E-state index contributed by atoms with van der Waals surface area (Å²) in [5.41, 5.74) is 3.44. The van der Waals surface area contributed by atoms with Crippen molar-refractivity contribution in [3.05, 3.63) is 56.8 Å². The third-order valence-corrected chi connectivity index (χ3v) is 4.52. The molecule has 1 aromatic carbocycles. The first-order chi connectivity index (χ1) is 8.13. The molecule has 0 aliphatic heterocycles. The first kappa shape index (κ1) is 12.3. The maximum Gasteiger partial charge on any atom is 0.113 e. The molecule has 0 spiro atoms. The van der Waals surface area contributed by atoms with Gasteiger partial charge in [-0.25, -0.2) is 0 Å². The summed E-state index contributed by atoms with van der Waals surface area (Å²) in [6.07, 6.45) is 0.546. The molecule has 0 saturated carbocycles. The van der Waals surface area contributed by atoms with Gasteiger partial charge in [0.2, 0.25) is 0 Å². The van der Waals surface area contributed by atoms with E-state index in [9.17, 15) is 5.11 Å². The number of rotatable bonds is 3. The van der Waals surface area contributed by atoms with Gasteiger partial charge in [0.05, 0.1) is 0 Å². The maximum absolute atomic E-state index is 10.4. The van der Waals surface area contributed by atoms with Crippen LogP contribution in [0.5, 0.6) is 0 Å². The number of hydrogen-bond acceptors (Lipinski definition) is 2. The zero-order valence-electron chi connectivity index (χ0n) is 10.5. The van der Waals surface area contributed by atoms with Gasteiger partial charge in [-0.05, 0) is 49.1 Å². The molecule has 2 heteroatoms. The lowest BCUT2D eigenvalue weighted by Gasteiger charge is -2.13. The van der Waals surface area contributed by atoms with E-state index in [-0.39, 0.29) is 0 Å². The minimum absolute atomic E-state index is 0.486. The highest BCUT2D eigenvalue weighted by atomic mass is 32.1. The van der Waals surface area contributed by atoms with E-state index in [1.165, 1.54) is 16.0 Å². The molecule has 1 atom stereocenters. The molecule has 0 amide bonds.